The normalized spacial score (nSPS) is 13.8. The summed E-state index contributed by atoms with van der Waals surface area (Å²) in [7, 11) is 0. The standard InChI is InChI=1S/C14H27N5O2.HI/c1-3-7-16-12(20)10-19-14(15-4-2)18-9-8-17-13(21)11-5-6-11;/h11H,3-10H2,1-2H3,(H,16,20)(H,17,21)(H2,15,18,19);1H. The summed E-state index contributed by atoms with van der Waals surface area (Å²) < 4.78 is 0. The first kappa shape index (κ1) is 20.9. The molecule has 0 aliphatic heterocycles. The van der Waals surface area contributed by atoms with Gasteiger partial charge in [0, 0.05) is 32.1 Å². The first-order chi connectivity index (χ1) is 10.2. The molecule has 22 heavy (non-hydrogen) atoms. The molecule has 1 saturated carbocycles. The predicted octanol–water partition coefficient (Wildman–Crippen LogP) is 0.212. The van der Waals surface area contributed by atoms with Gasteiger partial charge in [-0.15, -0.1) is 24.0 Å². The van der Waals surface area contributed by atoms with Gasteiger partial charge in [-0.3, -0.25) is 9.59 Å². The Bertz CT molecular complexity index is 372. The molecule has 0 saturated heterocycles. The number of rotatable bonds is 9. The van der Waals surface area contributed by atoms with E-state index in [1.54, 1.807) is 0 Å². The van der Waals surface area contributed by atoms with E-state index in [4.69, 9.17) is 0 Å². The molecule has 0 aromatic heterocycles. The van der Waals surface area contributed by atoms with E-state index in [9.17, 15) is 9.59 Å². The van der Waals surface area contributed by atoms with Gasteiger partial charge in [0.15, 0.2) is 5.96 Å². The minimum atomic E-state index is -0.0870. The molecule has 1 rings (SSSR count). The molecular weight excluding hydrogens is 397 g/mol. The molecule has 1 aliphatic carbocycles. The number of carbonyl (C=O) groups is 2. The van der Waals surface area contributed by atoms with Crippen LogP contribution >= 0.6 is 24.0 Å². The zero-order valence-corrected chi connectivity index (χ0v) is 15.7. The van der Waals surface area contributed by atoms with Gasteiger partial charge >= 0.3 is 0 Å². The first-order valence-corrected chi connectivity index (χ1v) is 7.74. The van der Waals surface area contributed by atoms with Crippen molar-refractivity contribution in [1.29, 1.82) is 0 Å². The monoisotopic (exact) mass is 425 g/mol. The van der Waals surface area contributed by atoms with Gasteiger partial charge in [0.2, 0.25) is 11.8 Å². The molecule has 0 aromatic rings. The van der Waals surface area contributed by atoms with Crippen LogP contribution in [0.5, 0.6) is 0 Å². The molecule has 0 radical (unpaired) electrons. The van der Waals surface area contributed by atoms with Crippen molar-refractivity contribution < 1.29 is 9.59 Å². The molecule has 128 valence electrons. The van der Waals surface area contributed by atoms with Gasteiger partial charge in [0.1, 0.15) is 6.54 Å². The summed E-state index contributed by atoms with van der Waals surface area (Å²) in [4.78, 5) is 27.1. The fourth-order valence-electron chi connectivity index (χ4n) is 1.67. The number of aliphatic imine (C=N–C) groups is 1. The molecule has 0 heterocycles. The number of guanidine groups is 1. The lowest BCUT2D eigenvalue weighted by Crippen LogP contribution is -2.42. The highest BCUT2D eigenvalue weighted by Gasteiger charge is 2.28. The number of amides is 2. The summed E-state index contributed by atoms with van der Waals surface area (Å²) in [6.45, 7) is 6.60. The minimum absolute atomic E-state index is 0. The maximum atomic E-state index is 11.5. The Morgan fingerprint density at radius 1 is 1.00 bits per heavy atom. The molecule has 0 unspecified atom stereocenters. The Hall–Kier alpha value is -1.06. The van der Waals surface area contributed by atoms with Crippen LogP contribution in [0, 0.1) is 5.92 Å². The number of nitrogens with one attached hydrogen (secondary N) is 4. The van der Waals surface area contributed by atoms with E-state index in [1.165, 1.54) is 0 Å². The lowest BCUT2D eigenvalue weighted by Gasteiger charge is -2.11. The first-order valence-electron chi connectivity index (χ1n) is 7.74. The van der Waals surface area contributed by atoms with Gasteiger partial charge in [-0.2, -0.15) is 0 Å². The van der Waals surface area contributed by atoms with Gasteiger partial charge in [-0.25, -0.2) is 4.99 Å². The summed E-state index contributed by atoms with van der Waals surface area (Å²) >= 11 is 0. The predicted molar refractivity (Wildman–Crippen MR) is 98.4 cm³/mol. The third-order valence-corrected chi connectivity index (χ3v) is 2.96. The van der Waals surface area contributed by atoms with E-state index in [0.717, 1.165) is 25.8 Å². The smallest absolute Gasteiger partial charge is 0.241 e. The van der Waals surface area contributed by atoms with E-state index >= 15 is 0 Å². The molecule has 1 aliphatic rings. The highest BCUT2D eigenvalue weighted by molar-refractivity contribution is 14.0. The topological polar surface area (TPSA) is 94.6 Å². The zero-order chi connectivity index (χ0) is 15.5. The summed E-state index contributed by atoms with van der Waals surface area (Å²) in [5.41, 5.74) is 0. The van der Waals surface area contributed by atoms with Crippen molar-refractivity contribution in [2.45, 2.75) is 33.1 Å². The molecular formula is C14H28IN5O2. The number of halogens is 1. The van der Waals surface area contributed by atoms with Gasteiger partial charge in [-0.1, -0.05) is 6.92 Å². The van der Waals surface area contributed by atoms with Crippen molar-refractivity contribution in [2.24, 2.45) is 10.9 Å². The Kier molecular flexibility index (Phi) is 11.9. The third-order valence-electron chi connectivity index (χ3n) is 2.96. The molecule has 0 spiro atoms. The Morgan fingerprint density at radius 3 is 2.27 bits per heavy atom. The van der Waals surface area contributed by atoms with Crippen LogP contribution in [-0.4, -0.2) is 50.5 Å². The van der Waals surface area contributed by atoms with Crippen LogP contribution in [0.2, 0.25) is 0 Å². The average Bonchev–Trinajstić information content (AvgIpc) is 3.31. The van der Waals surface area contributed by atoms with E-state index in [-0.39, 0.29) is 48.3 Å². The minimum Gasteiger partial charge on any atom is -0.357 e. The number of hydrogen-bond donors (Lipinski definition) is 4. The number of hydrogen-bond acceptors (Lipinski definition) is 3. The van der Waals surface area contributed by atoms with Crippen molar-refractivity contribution in [3.8, 4) is 0 Å². The van der Waals surface area contributed by atoms with E-state index in [2.05, 4.69) is 26.3 Å². The molecule has 0 atom stereocenters. The molecule has 0 aromatic carbocycles. The molecule has 8 heteroatoms. The molecule has 7 nitrogen and oxygen atoms in total. The molecule has 0 bridgehead atoms. The van der Waals surface area contributed by atoms with Crippen molar-refractivity contribution in [2.75, 3.05) is 32.7 Å². The quantitative estimate of drug-likeness (QED) is 0.184. The van der Waals surface area contributed by atoms with Crippen molar-refractivity contribution in [1.82, 2.24) is 21.3 Å². The van der Waals surface area contributed by atoms with Crippen LogP contribution < -0.4 is 21.3 Å². The van der Waals surface area contributed by atoms with E-state index in [1.807, 2.05) is 13.8 Å². The van der Waals surface area contributed by atoms with E-state index in [0.29, 0.717) is 25.6 Å². The lowest BCUT2D eigenvalue weighted by molar-refractivity contribution is -0.122. The highest BCUT2D eigenvalue weighted by atomic mass is 127. The number of carbonyl (C=O) groups excluding carboxylic acids is 2. The lowest BCUT2D eigenvalue weighted by atomic mass is 10.4. The van der Waals surface area contributed by atoms with Gasteiger partial charge in [0.25, 0.3) is 0 Å². The summed E-state index contributed by atoms with van der Waals surface area (Å²) in [6, 6.07) is 0. The second kappa shape index (κ2) is 12.5. The Morgan fingerprint density at radius 2 is 1.68 bits per heavy atom. The van der Waals surface area contributed by atoms with Crippen LogP contribution in [0.3, 0.4) is 0 Å². The largest absolute Gasteiger partial charge is 0.357 e. The maximum Gasteiger partial charge on any atom is 0.241 e. The molecule has 1 fully saturated rings. The maximum absolute atomic E-state index is 11.5. The Labute approximate surface area is 149 Å². The van der Waals surface area contributed by atoms with Crippen LogP contribution in [-0.2, 0) is 9.59 Å². The summed E-state index contributed by atoms with van der Waals surface area (Å²) in [6.07, 6.45) is 2.93. The van der Waals surface area contributed by atoms with Crippen LogP contribution in [0.1, 0.15) is 33.1 Å². The average molecular weight is 425 g/mol. The number of nitrogens with zero attached hydrogens (tertiary/aromatic N) is 1. The van der Waals surface area contributed by atoms with Crippen LogP contribution in [0.15, 0.2) is 4.99 Å². The second-order valence-electron chi connectivity index (χ2n) is 5.04. The Balaban J connectivity index is 0.00000441. The van der Waals surface area contributed by atoms with Crippen molar-refractivity contribution in [3.63, 3.8) is 0 Å². The van der Waals surface area contributed by atoms with Crippen LogP contribution in [0.4, 0.5) is 0 Å². The second-order valence-corrected chi connectivity index (χ2v) is 5.04. The summed E-state index contributed by atoms with van der Waals surface area (Å²) in [5.74, 6) is 0.868. The summed E-state index contributed by atoms with van der Waals surface area (Å²) in [5, 5.41) is 11.8. The van der Waals surface area contributed by atoms with Gasteiger partial charge in [-0.05, 0) is 26.2 Å². The van der Waals surface area contributed by atoms with Crippen molar-refractivity contribution >= 4 is 41.8 Å². The van der Waals surface area contributed by atoms with Crippen molar-refractivity contribution in [3.05, 3.63) is 0 Å². The van der Waals surface area contributed by atoms with Gasteiger partial charge < -0.3 is 21.3 Å². The zero-order valence-electron chi connectivity index (χ0n) is 13.4. The van der Waals surface area contributed by atoms with Gasteiger partial charge in [0.05, 0.1) is 0 Å². The van der Waals surface area contributed by atoms with E-state index < -0.39 is 0 Å². The SMILES string of the molecule is CCCNC(=O)CN=C(NCC)NCCNC(=O)C1CC1.I. The van der Waals surface area contributed by atoms with Crippen LogP contribution in [0.25, 0.3) is 0 Å². The fraction of sp³-hybridized carbons (Fsp3) is 0.786. The molecule has 4 N–H and O–H groups in total. The molecule has 2 amide bonds. The third kappa shape index (κ3) is 9.80. The highest BCUT2D eigenvalue weighted by Crippen LogP contribution is 2.28. The fourth-order valence-corrected chi connectivity index (χ4v) is 1.67.